The molecule has 0 aliphatic carbocycles. The number of likely N-dealkylation sites (tertiary alicyclic amines) is 1. The molecule has 1 fully saturated rings. The molecule has 0 aromatic carbocycles. The number of primary amides is 1. The second kappa shape index (κ2) is 11.0. The minimum atomic E-state index is -0.600. The van der Waals surface area contributed by atoms with Crippen LogP contribution in [-0.2, 0) is 9.53 Å². The third-order valence-electron chi connectivity index (χ3n) is 5.43. The summed E-state index contributed by atoms with van der Waals surface area (Å²) in [5.74, 6) is -0.683. The first-order valence-electron chi connectivity index (χ1n) is 11.0. The minimum Gasteiger partial charge on any atom is -0.480 e. The number of pyridine rings is 2. The van der Waals surface area contributed by atoms with Crippen molar-refractivity contribution in [1.82, 2.24) is 14.9 Å². The quantitative estimate of drug-likeness (QED) is 0.591. The summed E-state index contributed by atoms with van der Waals surface area (Å²) in [7, 11) is 1.42. The maximum Gasteiger partial charge on any atom is 0.410 e. The number of nitrogens with two attached hydrogens (primary N) is 2. The highest BCUT2D eigenvalue weighted by molar-refractivity contribution is 6.30. The summed E-state index contributed by atoms with van der Waals surface area (Å²) < 4.78 is 24.4. The van der Waals surface area contributed by atoms with Gasteiger partial charge < -0.3 is 20.9 Å². The van der Waals surface area contributed by atoms with Gasteiger partial charge in [-0.05, 0) is 53.0 Å². The number of carbonyl (C=O) groups excluding carboxylic acids is 2. The van der Waals surface area contributed by atoms with Crippen LogP contribution >= 0.6 is 11.6 Å². The van der Waals surface area contributed by atoms with Gasteiger partial charge in [0.1, 0.15) is 17.5 Å². The molecule has 2 amide bonds. The van der Waals surface area contributed by atoms with E-state index in [1.807, 2.05) is 20.8 Å². The fraction of sp³-hybridized carbons (Fsp3) is 0.565. The molecule has 1 aliphatic heterocycles. The van der Waals surface area contributed by atoms with Crippen molar-refractivity contribution >= 4 is 40.2 Å². The van der Waals surface area contributed by atoms with E-state index in [2.05, 4.69) is 9.97 Å². The second-order valence-corrected chi connectivity index (χ2v) is 9.48. The molecular formula is C23H33ClFN5O4. The van der Waals surface area contributed by atoms with Gasteiger partial charge in [0, 0.05) is 17.6 Å². The monoisotopic (exact) mass is 497 g/mol. The summed E-state index contributed by atoms with van der Waals surface area (Å²) >= 11 is 5.72. The number of fused-ring (bicyclic) bond motifs is 1. The molecule has 11 heteroatoms. The lowest BCUT2D eigenvalue weighted by Gasteiger charge is -2.30. The van der Waals surface area contributed by atoms with Gasteiger partial charge in [-0.2, -0.15) is 4.98 Å². The number of nitrogen functional groups attached to an aromatic ring is 1. The fourth-order valence-electron chi connectivity index (χ4n) is 3.70. The highest BCUT2D eigenvalue weighted by Crippen LogP contribution is 2.35. The highest BCUT2D eigenvalue weighted by atomic mass is 35.5. The van der Waals surface area contributed by atoms with Gasteiger partial charge in [-0.3, -0.25) is 9.69 Å². The zero-order chi connectivity index (χ0) is 25.8. The van der Waals surface area contributed by atoms with Crippen molar-refractivity contribution in [2.24, 2.45) is 5.73 Å². The van der Waals surface area contributed by atoms with Gasteiger partial charge in [0.25, 0.3) is 0 Å². The van der Waals surface area contributed by atoms with Crippen LogP contribution in [0.15, 0.2) is 0 Å². The van der Waals surface area contributed by atoms with Crippen LogP contribution in [0.1, 0.15) is 57.7 Å². The average Bonchev–Trinajstić information content (AvgIpc) is 2.99. The van der Waals surface area contributed by atoms with E-state index in [0.717, 1.165) is 19.3 Å². The van der Waals surface area contributed by atoms with E-state index in [0.29, 0.717) is 35.0 Å². The number of amides is 2. The second-order valence-electron chi connectivity index (χ2n) is 9.12. The van der Waals surface area contributed by atoms with Gasteiger partial charge >= 0.3 is 6.09 Å². The lowest BCUT2D eigenvalue weighted by Crippen LogP contribution is -2.49. The van der Waals surface area contributed by atoms with Crippen LogP contribution in [0, 0.1) is 19.7 Å². The molecule has 0 spiro atoms. The van der Waals surface area contributed by atoms with Crippen LogP contribution in [-0.4, -0.2) is 52.2 Å². The first-order chi connectivity index (χ1) is 15.8. The maximum atomic E-state index is 14.0. The van der Waals surface area contributed by atoms with E-state index in [9.17, 15) is 14.0 Å². The number of halogens is 2. The number of methoxy groups -OCH3 is 1. The minimum absolute atomic E-state index is 0.180. The first-order valence-corrected chi connectivity index (χ1v) is 11.4. The van der Waals surface area contributed by atoms with Crippen molar-refractivity contribution < 1.29 is 23.5 Å². The Morgan fingerprint density at radius 2 is 1.79 bits per heavy atom. The number of nitrogens with zero attached hydrogens (tertiary/aromatic N) is 3. The molecule has 188 valence electrons. The van der Waals surface area contributed by atoms with Gasteiger partial charge in [0.15, 0.2) is 11.0 Å². The number of rotatable bonds is 2. The Bertz CT molecular complexity index is 1070. The number of hydrogen-bond acceptors (Lipinski definition) is 7. The number of aryl methyl sites for hydroxylation is 2. The Morgan fingerprint density at radius 3 is 2.35 bits per heavy atom. The molecule has 1 atom stereocenters. The third kappa shape index (κ3) is 6.37. The highest BCUT2D eigenvalue weighted by Gasteiger charge is 2.32. The molecular weight excluding hydrogens is 465 g/mol. The van der Waals surface area contributed by atoms with Crippen LogP contribution in [0.25, 0.3) is 10.8 Å². The van der Waals surface area contributed by atoms with Crippen molar-refractivity contribution in [2.75, 3.05) is 19.4 Å². The van der Waals surface area contributed by atoms with Gasteiger partial charge in [0.05, 0.1) is 12.5 Å². The van der Waals surface area contributed by atoms with Gasteiger partial charge in [0.2, 0.25) is 11.8 Å². The Kier molecular flexibility index (Phi) is 8.88. The van der Waals surface area contributed by atoms with Crippen LogP contribution in [0.3, 0.4) is 0 Å². The summed E-state index contributed by atoms with van der Waals surface area (Å²) in [5, 5.41) is 0.437. The molecule has 1 aliphatic rings. The summed E-state index contributed by atoms with van der Waals surface area (Å²) in [6.45, 7) is 9.48. The SMILES string of the molecule is CC(C)(C)OC(=O)N1CCCCCC1C(N)=O.COc1nc(Cl)c(F)c2c(C)c(C)nc(N)c12. The average molecular weight is 498 g/mol. The van der Waals surface area contributed by atoms with Crippen LogP contribution in [0.4, 0.5) is 15.0 Å². The topological polar surface area (TPSA) is 134 Å². The van der Waals surface area contributed by atoms with Gasteiger partial charge in [-0.15, -0.1) is 0 Å². The lowest BCUT2D eigenvalue weighted by atomic mass is 10.1. The Balaban J connectivity index is 0.000000240. The van der Waals surface area contributed by atoms with Gasteiger partial charge in [-0.25, -0.2) is 14.2 Å². The molecule has 0 saturated carbocycles. The van der Waals surface area contributed by atoms with Crippen molar-refractivity contribution in [3.05, 3.63) is 22.2 Å². The van der Waals surface area contributed by atoms with E-state index in [1.54, 1.807) is 13.8 Å². The number of carbonyl (C=O) groups is 2. The molecule has 34 heavy (non-hydrogen) atoms. The smallest absolute Gasteiger partial charge is 0.410 e. The van der Waals surface area contributed by atoms with E-state index < -0.39 is 29.5 Å². The summed E-state index contributed by atoms with van der Waals surface area (Å²) in [5.41, 5.74) is 11.9. The van der Waals surface area contributed by atoms with Crippen molar-refractivity contribution in [2.45, 2.75) is 71.9 Å². The summed E-state index contributed by atoms with van der Waals surface area (Å²) in [6, 6.07) is -0.521. The molecule has 1 saturated heterocycles. The Hall–Kier alpha value is -2.88. The molecule has 0 bridgehead atoms. The van der Waals surface area contributed by atoms with E-state index in [-0.39, 0.29) is 16.9 Å². The summed E-state index contributed by atoms with van der Waals surface area (Å²) in [4.78, 5) is 32.7. The molecule has 4 N–H and O–H groups in total. The lowest BCUT2D eigenvalue weighted by molar-refractivity contribution is -0.123. The first kappa shape index (κ1) is 27.4. The standard InChI is InChI=1S/C12H22N2O3.C11H11ClFN3O/c1-12(2,3)17-11(16)14-8-6-4-5-7-9(14)10(13)15;1-4-5(2)15-10(14)7-6(4)8(13)9(12)16-11(7)17-3/h9H,4-8H2,1-3H3,(H2,13,15);1-3H3,(H2,14,15). The van der Waals surface area contributed by atoms with E-state index >= 15 is 0 Å². The Labute approximate surface area is 203 Å². The van der Waals surface area contributed by atoms with Crippen molar-refractivity contribution in [3.8, 4) is 5.88 Å². The van der Waals surface area contributed by atoms with Crippen molar-refractivity contribution in [1.29, 1.82) is 0 Å². The molecule has 9 nitrogen and oxygen atoms in total. The van der Waals surface area contributed by atoms with Gasteiger partial charge in [-0.1, -0.05) is 24.4 Å². The zero-order valence-electron chi connectivity index (χ0n) is 20.5. The Morgan fingerprint density at radius 1 is 1.15 bits per heavy atom. The van der Waals surface area contributed by atoms with E-state index in [1.165, 1.54) is 12.0 Å². The zero-order valence-corrected chi connectivity index (χ0v) is 21.3. The van der Waals surface area contributed by atoms with Crippen molar-refractivity contribution in [3.63, 3.8) is 0 Å². The molecule has 2 aromatic rings. The molecule has 2 aromatic heterocycles. The number of ether oxygens (including phenoxy) is 2. The number of hydrogen-bond donors (Lipinski definition) is 2. The molecule has 3 rings (SSSR count). The molecule has 3 heterocycles. The predicted molar refractivity (Wildman–Crippen MR) is 129 cm³/mol. The number of aromatic nitrogens is 2. The maximum absolute atomic E-state index is 14.0. The molecule has 1 unspecified atom stereocenters. The van der Waals surface area contributed by atoms with Crippen LogP contribution in [0.2, 0.25) is 5.15 Å². The largest absolute Gasteiger partial charge is 0.480 e. The van der Waals surface area contributed by atoms with E-state index in [4.69, 9.17) is 32.5 Å². The molecule has 0 radical (unpaired) electrons. The number of anilines is 1. The van der Waals surface area contributed by atoms with Crippen LogP contribution < -0.4 is 16.2 Å². The summed E-state index contributed by atoms with van der Waals surface area (Å²) in [6.07, 6.45) is 3.02. The normalized spacial score (nSPS) is 16.4. The predicted octanol–water partition coefficient (Wildman–Crippen LogP) is 4.28. The van der Waals surface area contributed by atoms with Crippen LogP contribution in [0.5, 0.6) is 5.88 Å². The fourth-order valence-corrected chi connectivity index (χ4v) is 3.87. The third-order valence-corrected chi connectivity index (χ3v) is 5.68.